The van der Waals surface area contributed by atoms with E-state index in [4.69, 9.17) is 0 Å². The predicted octanol–water partition coefficient (Wildman–Crippen LogP) is 3.16. The van der Waals surface area contributed by atoms with Gasteiger partial charge in [-0.3, -0.25) is 9.78 Å². The Morgan fingerprint density at radius 1 is 1.26 bits per heavy atom. The maximum Gasteiger partial charge on any atom is 0.192 e. The Bertz CT molecular complexity index is 973. The van der Waals surface area contributed by atoms with Crippen LogP contribution in [0.15, 0.2) is 29.2 Å². The highest BCUT2D eigenvalue weighted by atomic mass is 32.1. The second-order valence-corrected chi connectivity index (χ2v) is 7.17. The van der Waals surface area contributed by atoms with Gasteiger partial charge < -0.3 is 4.57 Å². The van der Waals surface area contributed by atoms with E-state index in [1.807, 2.05) is 26.1 Å². The summed E-state index contributed by atoms with van der Waals surface area (Å²) in [5.74, 6) is 0. The molecule has 6 heteroatoms. The first-order valence-electron chi connectivity index (χ1n) is 7.56. The summed E-state index contributed by atoms with van der Waals surface area (Å²) in [6.07, 6.45) is 2.82. The molecule has 0 fully saturated rings. The molecule has 1 atom stereocenters. The van der Waals surface area contributed by atoms with E-state index in [0.29, 0.717) is 10.6 Å². The number of rotatable bonds is 1. The Hall–Kier alpha value is -2.34. The Morgan fingerprint density at radius 3 is 2.83 bits per heavy atom. The molecule has 5 nitrogen and oxygen atoms in total. The lowest BCUT2D eigenvalue weighted by Gasteiger charge is -2.27. The topological polar surface area (TPSA) is 60.7 Å². The molecule has 1 aliphatic heterocycles. The highest BCUT2D eigenvalue weighted by Crippen LogP contribution is 2.34. The first kappa shape index (κ1) is 14.3. The van der Waals surface area contributed by atoms with Gasteiger partial charge in [0.1, 0.15) is 5.01 Å². The third-order valence-corrected chi connectivity index (χ3v) is 5.06. The van der Waals surface area contributed by atoms with Crippen molar-refractivity contribution in [3.05, 3.63) is 50.9 Å². The fourth-order valence-electron chi connectivity index (χ4n) is 3.06. The van der Waals surface area contributed by atoms with E-state index < -0.39 is 0 Å². The molecule has 23 heavy (non-hydrogen) atoms. The molecule has 0 unspecified atom stereocenters. The zero-order valence-corrected chi connectivity index (χ0v) is 14.0. The van der Waals surface area contributed by atoms with Gasteiger partial charge in [0.05, 0.1) is 17.0 Å². The van der Waals surface area contributed by atoms with Gasteiger partial charge >= 0.3 is 0 Å². The fourth-order valence-corrected chi connectivity index (χ4v) is 3.77. The van der Waals surface area contributed by atoms with Crippen LogP contribution in [-0.4, -0.2) is 19.7 Å². The van der Waals surface area contributed by atoms with Crippen molar-refractivity contribution < 1.29 is 0 Å². The van der Waals surface area contributed by atoms with E-state index in [1.165, 1.54) is 16.9 Å². The monoisotopic (exact) mass is 324 g/mol. The average Bonchev–Trinajstić information content (AvgIpc) is 2.94. The maximum atomic E-state index is 12.6. The van der Waals surface area contributed by atoms with Crippen molar-refractivity contribution in [1.82, 2.24) is 19.7 Å². The maximum absolute atomic E-state index is 12.6. The second kappa shape index (κ2) is 5.09. The van der Waals surface area contributed by atoms with Crippen LogP contribution in [0.1, 0.15) is 29.2 Å². The molecule has 4 heterocycles. The van der Waals surface area contributed by atoms with Crippen molar-refractivity contribution in [3.8, 4) is 22.0 Å². The standard InChI is InChI=1S/C17H16N4OS/c1-9-4-5-12-6-10(2)21-8-13(17-20-19-11(3)23-17)15(22)7-14(21)16(12)18-9/h4-5,7-8,10H,6H2,1-3H3/t10-/m1/s1. The summed E-state index contributed by atoms with van der Waals surface area (Å²) in [5, 5.41) is 9.68. The van der Waals surface area contributed by atoms with Gasteiger partial charge in [-0.25, -0.2) is 0 Å². The van der Waals surface area contributed by atoms with Crippen molar-refractivity contribution in [3.63, 3.8) is 0 Å². The largest absolute Gasteiger partial charge is 0.342 e. The number of hydrogen-bond donors (Lipinski definition) is 0. The summed E-state index contributed by atoms with van der Waals surface area (Å²) in [6, 6.07) is 6.10. The molecule has 116 valence electrons. The lowest BCUT2D eigenvalue weighted by Crippen LogP contribution is -2.22. The van der Waals surface area contributed by atoms with Gasteiger partial charge in [0, 0.05) is 24.0 Å². The van der Waals surface area contributed by atoms with E-state index in [2.05, 4.69) is 32.7 Å². The van der Waals surface area contributed by atoms with Crippen LogP contribution >= 0.6 is 11.3 Å². The van der Waals surface area contributed by atoms with E-state index in [0.717, 1.165) is 28.5 Å². The van der Waals surface area contributed by atoms with Crippen molar-refractivity contribution in [2.75, 3.05) is 0 Å². The van der Waals surface area contributed by atoms with Gasteiger partial charge in [-0.1, -0.05) is 17.4 Å². The molecular weight excluding hydrogens is 308 g/mol. The van der Waals surface area contributed by atoms with Crippen molar-refractivity contribution in [1.29, 1.82) is 0 Å². The third-order valence-electron chi connectivity index (χ3n) is 4.19. The smallest absolute Gasteiger partial charge is 0.192 e. The minimum absolute atomic E-state index is 0.0317. The van der Waals surface area contributed by atoms with E-state index in [-0.39, 0.29) is 11.5 Å². The Labute approximate surface area is 137 Å². The molecule has 0 bridgehead atoms. The van der Waals surface area contributed by atoms with Crippen LogP contribution in [0.4, 0.5) is 0 Å². The normalized spacial score (nSPS) is 16.0. The number of aryl methyl sites for hydroxylation is 2. The number of hydrogen-bond acceptors (Lipinski definition) is 5. The molecule has 4 rings (SSSR count). The van der Waals surface area contributed by atoms with E-state index >= 15 is 0 Å². The van der Waals surface area contributed by atoms with Crippen LogP contribution in [0.3, 0.4) is 0 Å². The molecule has 0 radical (unpaired) electrons. The van der Waals surface area contributed by atoms with E-state index in [9.17, 15) is 4.79 Å². The number of aromatic nitrogens is 4. The van der Waals surface area contributed by atoms with Crippen LogP contribution < -0.4 is 5.43 Å². The van der Waals surface area contributed by atoms with Crippen molar-refractivity contribution in [2.24, 2.45) is 0 Å². The molecule has 3 aromatic heterocycles. The van der Waals surface area contributed by atoms with Crippen molar-refractivity contribution >= 4 is 11.3 Å². The summed E-state index contributed by atoms with van der Waals surface area (Å²) in [6.45, 7) is 6.02. The molecule has 0 spiro atoms. The van der Waals surface area contributed by atoms with Gasteiger partial charge in [-0.2, -0.15) is 0 Å². The lowest BCUT2D eigenvalue weighted by molar-refractivity contribution is 0.531. The Balaban J connectivity index is 1.96. The Kier molecular flexibility index (Phi) is 3.16. The number of nitrogens with zero attached hydrogens (tertiary/aromatic N) is 4. The molecule has 0 amide bonds. The summed E-state index contributed by atoms with van der Waals surface area (Å²) in [7, 11) is 0. The second-order valence-electron chi connectivity index (χ2n) is 5.98. The number of pyridine rings is 2. The molecule has 1 aliphatic rings. The van der Waals surface area contributed by atoms with Crippen LogP contribution in [0.25, 0.3) is 22.0 Å². The first-order chi connectivity index (χ1) is 11.0. The molecule has 0 saturated carbocycles. The average molecular weight is 324 g/mol. The van der Waals surface area contributed by atoms with Crippen molar-refractivity contribution in [2.45, 2.75) is 33.2 Å². The van der Waals surface area contributed by atoms with Gasteiger partial charge in [0.25, 0.3) is 0 Å². The summed E-state index contributed by atoms with van der Waals surface area (Å²) in [5.41, 5.74) is 4.54. The lowest BCUT2D eigenvalue weighted by atomic mass is 9.96. The minimum atomic E-state index is -0.0317. The van der Waals surface area contributed by atoms with Gasteiger partial charge in [-0.15, -0.1) is 10.2 Å². The van der Waals surface area contributed by atoms with Gasteiger partial charge in [0.15, 0.2) is 10.4 Å². The highest BCUT2D eigenvalue weighted by Gasteiger charge is 2.24. The molecule has 3 aromatic rings. The summed E-state index contributed by atoms with van der Waals surface area (Å²) >= 11 is 1.44. The van der Waals surface area contributed by atoms with Gasteiger partial charge in [-0.05, 0) is 38.8 Å². The zero-order chi connectivity index (χ0) is 16.1. The van der Waals surface area contributed by atoms with Crippen LogP contribution in [0, 0.1) is 13.8 Å². The molecule has 0 aromatic carbocycles. The zero-order valence-electron chi connectivity index (χ0n) is 13.2. The third kappa shape index (κ3) is 2.30. The molecule has 0 N–H and O–H groups in total. The first-order valence-corrected chi connectivity index (χ1v) is 8.38. The molecule has 0 aliphatic carbocycles. The fraction of sp³-hybridized carbons (Fsp3) is 0.294. The van der Waals surface area contributed by atoms with Crippen LogP contribution in [0.2, 0.25) is 0 Å². The Morgan fingerprint density at radius 2 is 2.09 bits per heavy atom. The molecule has 0 saturated heterocycles. The van der Waals surface area contributed by atoms with Crippen LogP contribution in [-0.2, 0) is 6.42 Å². The summed E-state index contributed by atoms with van der Waals surface area (Å²) < 4.78 is 2.14. The number of fused-ring (bicyclic) bond motifs is 3. The SMILES string of the molecule is Cc1ccc2c(n1)-c1cc(=O)c(-c3nnc(C)s3)cn1[C@H](C)C2. The highest BCUT2D eigenvalue weighted by molar-refractivity contribution is 7.14. The van der Waals surface area contributed by atoms with Crippen LogP contribution in [0.5, 0.6) is 0 Å². The van der Waals surface area contributed by atoms with Gasteiger partial charge in [0.2, 0.25) is 0 Å². The van der Waals surface area contributed by atoms with E-state index in [1.54, 1.807) is 6.07 Å². The quantitative estimate of drug-likeness (QED) is 0.690. The predicted molar refractivity (Wildman–Crippen MR) is 90.7 cm³/mol. The summed E-state index contributed by atoms with van der Waals surface area (Å²) in [4.78, 5) is 17.3. The minimum Gasteiger partial charge on any atom is -0.342 e. The molecular formula is C17H16N4OS.